The van der Waals surface area contributed by atoms with Crippen molar-refractivity contribution in [2.75, 3.05) is 46.4 Å². The fraction of sp³-hybridized carbons (Fsp3) is 0.304. The summed E-state index contributed by atoms with van der Waals surface area (Å²) in [5.41, 5.74) is 2.75. The van der Waals surface area contributed by atoms with Gasteiger partial charge in [0.05, 0.1) is 38.1 Å². The number of esters is 1. The fourth-order valence-electron chi connectivity index (χ4n) is 2.36. The maximum atomic E-state index is 10.8. The molecule has 0 N–H and O–H groups in total. The van der Waals surface area contributed by atoms with Crippen LogP contribution in [0.15, 0.2) is 61.2 Å². The van der Waals surface area contributed by atoms with Crippen molar-refractivity contribution >= 4 is 5.97 Å². The van der Waals surface area contributed by atoms with Crippen molar-refractivity contribution < 1.29 is 28.5 Å². The number of benzene rings is 2. The summed E-state index contributed by atoms with van der Waals surface area (Å²) >= 11 is 0. The second kappa shape index (κ2) is 13.9. The Hall–Kier alpha value is -3.18. The molecule has 2 aromatic carbocycles. The van der Waals surface area contributed by atoms with Gasteiger partial charge in [-0.05, 0) is 35.4 Å². The molecule has 0 amide bonds. The van der Waals surface area contributed by atoms with E-state index in [-0.39, 0.29) is 20.0 Å². The van der Waals surface area contributed by atoms with Gasteiger partial charge in [0, 0.05) is 6.08 Å². The van der Waals surface area contributed by atoms with Crippen LogP contribution in [-0.2, 0) is 23.7 Å². The molecule has 0 aliphatic rings. The van der Waals surface area contributed by atoms with Crippen molar-refractivity contribution in [3.8, 4) is 22.9 Å². The summed E-state index contributed by atoms with van der Waals surface area (Å²) in [6, 6.07) is 17.3. The monoisotopic (exact) mass is 411 g/mol. The average Bonchev–Trinajstić information content (AvgIpc) is 2.80. The second-order valence-corrected chi connectivity index (χ2v) is 5.98. The Balaban J connectivity index is 1.49. The first-order valence-electron chi connectivity index (χ1n) is 9.49. The lowest BCUT2D eigenvalue weighted by Gasteiger charge is -2.09. The van der Waals surface area contributed by atoms with Crippen molar-refractivity contribution in [1.82, 2.24) is 0 Å². The Morgan fingerprint density at radius 3 is 2.03 bits per heavy atom. The predicted molar refractivity (Wildman–Crippen MR) is 111 cm³/mol. The Labute approximate surface area is 176 Å². The van der Waals surface area contributed by atoms with Crippen LogP contribution in [0.4, 0.5) is 0 Å². The van der Waals surface area contributed by atoms with Gasteiger partial charge in [-0.3, -0.25) is 0 Å². The number of hydrogen-bond acceptors (Lipinski definition) is 7. The summed E-state index contributed by atoms with van der Waals surface area (Å²) < 4.78 is 26.2. The van der Waals surface area contributed by atoms with E-state index in [4.69, 9.17) is 28.9 Å². The van der Waals surface area contributed by atoms with E-state index in [0.717, 1.165) is 23.0 Å². The van der Waals surface area contributed by atoms with Gasteiger partial charge in [-0.2, -0.15) is 5.26 Å². The molecule has 0 atom stereocenters. The maximum Gasteiger partial charge on any atom is 0.330 e. The van der Waals surface area contributed by atoms with Gasteiger partial charge in [-0.25, -0.2) is 4.79 Å². The Kier molecular flexibility index (Phi) is 10.7. The van der Waals surface area contributed by atoms with Crippen LogP contribution in [-0.4, -0.2) is 52.4 Å². The number of ether oxygens (including phenoxy) is 5. The van der Waals surface area contributed by atoms with E-state index in [1.54, 1.807) is 12.1 Å². The number of nitriles is 1. The highest BCUT2D eigenvalue weighted by molar-refractivity contribution is 5.81. The zero-order chi connectivity index (χ0) is 21.4. The molecule has 0 aromatic heterocycles. The summed E-state index contributed by atoms with van der Waals surface area (Å²) in [5.74, 6) is 0.287. The average molecular weight is 411 g/mol. The van der Waals surface area contributed by atoms with Crippen LogP contribution in [0, 0.1) is 11.3 Å². The molecule has 0 saturated heterocycles. The summed E-state index contributed by atoms with van der Waals surface area (Å²) in [6.07, 6.45) is 1.10. The van der Waals surface area contributed by atoms with Gasteiger partial charge in [-0.15, -0.1) is 0 Å². The molecule has 7 nitrogen and oxygen atoms in total. The van der Waals surface area contributed by atoms with Crippen molar-refractivity contribution in [1.29, 1.82) is 5.26 Å². The maximum absolute atomic E-state index is 10.8. The third-order valence-electron chi connectivity index (χ3n) is 3.88. The standard InChI is InChI=1S/C23H25NO6/c1-2-23(25)30-16-14-28-18-27-12-11-26-13-15-29-22-9-7-21(8-10-22)20-5-3-19(17-24)4-6-20/h2-10H,1,11-16,18H2. The van der Waals surface area contributed by atoms with Crippen LogP contribution in [0.25, 0.3) is 11.1 Å². The number of carbonyl (C=O) groups is 1. The molecule has 158 valence electrons. The Morgan fingerprint density at radius 1 is 0.833 bits per heavy atom. The topological polar surface area (TPSA) is 87.0 Å². The predicted octanol–water partition coefficient (Wildman–Crippen LogP) is 3.34. The molecule has 0 saturated carbocycles. The molecule has 7 heteroatoms. The van der Waals surface area contributed by atoms with E-state index >= 15 is 0 Å². The third kappa shape index (κ3) is 8.88. The highest BCUT2D eigenvalue weighted by Gasteiger charge is 2.00. The molecule has 0 spiro atoms. The van der Waals surface area contributed by atoms with Crippen LogP contribution >= 0.6 is 0 Å². The van der Waals surface area contributed by atoms with E-state index in [0.29, 0.717) is 32.0 Å². The zero-order valence-corrected chi connectivity index (χ0v) is 16.7. The molecule has 0 fully saturated rings. The minimum absolute atomic E-state index is 0.108. The number of hydrogen-bond donors (Lipinski definition) is 0. The molecule has 0 radical (unpaired) electrons. The molecular formula is C23H25NO6. The van der Waals surface area contributed by atoms with Crippen LogP contribution in [0.5, 0.6) is 5.75 Å². The minimum atomic E-state index is -0.475. The molecule has 0 heterocycles. The van der Waals surface area contributed by atoms with E-state index < -0.39 is 5.97 Å². The quantitative estimate of drug-likeness (QED) is 0.204. The van der Waals surface area contributed by atoms with Gasteiger partial charge in [0.2, 0.25) is 0 Å². The third-order valence-corrected chi connectivity index (χ3v) is 3.88. The van der Waals surface area contributed by atoms with Gasteiger partial charge in [-0.1, -0.05) is 30.8 Å². The molecule has 0 aliphatic carbocycles. The van der Waals surface area contributed by atoms with Gasteiger partial charge in [0.15, 0.2) is 0 Å². The molecular weight excluding hydrogens is 386 g/mol. The first kappa shape index (κ1) is 23.1. The highest BCUT2D eigenvalue weighted by Crippen LogP contribution is 2.22. The molecule has 0 bridgehead atoms. The smallest absolute Gasteiger partial charge is 0.330 e. The lowest BCUT2D eigenvalue weighted by molar-refractivity contribution is -0.141. The second-order valence-electron chi connectivity index (χ2n) is 5.98. The summed E-state index contributed by atoms with van der Waals surface area (Å²) in [6.45, 7) is 5.53. The van der Waals surface area contributed by atoms with Crippen molar-refractivity contribution in [3.05, 3.63) is 66.7 Å². The van der Waals surface area contributed by atoms with Crippen molar-refractivity contribution in [2.45, 2.75) is 0 Å². The fourth-order valence-corrected chi connectivity index (χ4v) is 2.36. The van der Waals surface area contributed by atoms with Crippen LogP contribution in [0.2, 0.25) is 0 Å². The SMILES string of the molecule is C=CC(=O)OCCOCOCCOCCOc1ccc(-c2ccc(C#N)cc2)cc1. The summed E-state index contributed by atoms with van der Waals surface area (Å²) in [5, 5.41) is 8.86. The minimum Gasteiger partial charge on any atom is -0.491 e. The van der Waals surface area contributed by atoms with E-state index in [1.165, 1.54) is 0 Å². The van der Waals surface area contributed by atoms with E-state index in [1.807, 2.05) is 36.4 Å². The van der Waals surface area contributed by atoms with Gasteiger partial charge in [0.25, 0.3) is 0 Å². The largest absolute Gasteiger partial charge is 0.491 e. The molecule has 2 rings (SSSR count). The van der Waals surface area contributed by atoms with Crippen LogP contribution < -0.4 is 4.74 Å². The Morgan fingerprint density at radius 2 is 1.40 bits per heavy atom. The summed E-state index contributed by atoms with van der Waals surface area (Å²) in [7, 11) is 0. The van der Waals surface area contributed by atoms with Crippen molar-refractivity contribution in [2.24, 2.45) is 0 Å². The summed E-state index contributed by atoms with van der Waals surface area (Å²) in [4.78, 5) is 10.8. The normalized spacial score (nSPS) is 10.2. The van der Waals surface area contributed by atoms with Crippen LogP contribution in [0.3, 0.4) is 0 Å². The van der Waals surface area contributed by atoms with E-state index in [2.05, 4.69) is 12.6 Å². The lowest BCUT2D eigenvalue weighted by Crippen LogP contribution is -2.13. The number of rotatable bonds is 14. The molecule has 0 aliphatic heterocycles. The molecule has 30 heavy (non-hydrogen) atoms. The van der Waals surface area contributed by atoms with Gasteiger partial charge < -0.3 is 23.7 Å². The van der Waals surface area contributed by atoms with Gasteiger partial charge >= 0.3 is 5.97 Å². The Bertz CT molecular complexity index is 811. The molecule has 2 aromatic rings. The number of nitrogens with zero attached hydrogens (tertiary/aromatic N) is 1. The first-order chi connectivity index (χ1) is 14.7. The highest BCUT2D eigenvalue weighted by atomic mass is 16.7. The van der Waals surface area contributed by atoms with Crippen molar-refractivity contribution in [3.63, 3.8) is 0 Å². The van der Waals surface area contributed by atoms with Gasteiger partial charge in [0.1, 0.15) is 25.8 Å². The van der Waals surface area contributed by atoms with Crippen LogP contribution in [0.1, 0.15) is 5.56 Å². The lowest BCUT2D eigenvalue weighted by atomic mass is 10.0. The molecule has 0 unspecified atom stereocenters. The number of carbonyl (C=O) groups excluding carboxylic acids is 1. The zero-order valence-electron chi connectivity index (χ0n) is 16.7. The van der Waals surface area contributed by atoms with E-state index in [9.17, 15) is 4.79 Å². The first-order valence-corrected chi connectivity index (χ1v) is 9.49.